The first-order valence-electron chi connectivity index (χ1n) is 5.04. The van der Waals surface area contributed by atoms with E-state index in [0.29, 0.717) is 17.7 Å². The van der Waals surface area contributed by atoms with Crippen molar-refractivity contribution >= 4 is 11.9 Å². The third-order valence-corrected chi connectivity index (χ3v) is 2.37. The highest BCUT2D eigenvalue weighted by Crippen LogP contribution is 2.07. The van der Waals surface area contributed by atoms with Gasteiger partial charge in [0, 0.05) is 19.2 Å². The molecule has 0 spiro atoms. The van der Waals surface area contributed by atoms with Crippen molar-refractivity contribution in [1.29, 1.82) is 0 Å². The Labute approximate surface area is 94.8 Å². The second-order valence-electron chi connectivity index (χ2n) is 3.39. The number of benzene rings is 1. The van der Waals surface area contributed by atoms with Gasteiger partial charge in [0.15, 0.2) is 0 Å². The second kappa shape index (κ2) is 5.30. The lowest BCUT2D eigenvalue weighted by Crippen LogP contribution is -2.26. The molecule has 16 heavy (non-hydrogen) atoms. The molecule has 0 aliphatic heterocycles. The van der Waals surface area contributed by atoms with Crippen LogP contribution in [-0.4, -0.2) is 37.5 Å². The minimum absolute atomic E-state index is 0.0566. The van der Waals surface area contributed by atoms with Gasteiger partial charge in [0.25, 0.3) is 5.91 Å². The van der Waals surface area contributed by atoms with E-state index in [0.717, 1.165) is 0 Å². The summed E-state index contributed by atoms with van der Waals surface area (Å²) in [6, 6.07) is 6.42. The molecule has 1 rings (SSSR count). The molecule has 4 heteroatoms. The minimum Gasteiger partial charge on any atom is -0.465 e. The molecular formula is C12H15NO3. The van der Waals surface area contributed by atoms with Crippen LogP contribution in [-0.2, 0) is 4.74 Å². The molecule has 0 unspecified atom stereocenters. The Morgan fingerprint density at radius 3 is 2.12 bits per heavy atom. The van der Waals surface area contributed by atoms with Gasteiger partial charge in [0.2, 0.25) is 0 Å². The summed E-state index contributed by atoms with van der Waals surface area (Å²) in [5.41, 5.74) is 1.01. The number of amides is 1. The summed E-state index contributed by atoms with van der Waals surface area (Å²) < 4.78 is 4.57. The first kappa shape index (κ1) is 12.2. The largest absolute Gasteiger partial charge is 0.465 e. The quantitative estimate of drug-likeness (QED) is 0.728. The highest BCUT2D eigenvalue weighted by molar-refractivity contribution is 5.96. The van der Waals surface area contributed by atoms with Crippen LogP contribution in [0.2, 0.25) is 0 Å². The maximum atomic E-state index is 11.7. The summed E-state index contributed by atoms with van der Waals surface area (Å²) in [5.74, 6) is -0.457. The number of methoxy groups -OCH3 is 1. The van der Waals surface area contributed by atoms with Gasteiger partial charge in [-0.1, -0.05) is 0 Å². The Balaban J connectivity index is 2.87. The number of hydrogen-bond acceptors (Lipinski definition) is 3. The van der Waals surface area contributed by atoms with Crippen molar-refractivity contribution in [3.8, 4) is 0 Å². The predicted octanol–water partition coefficient (Wildman–Crippen LogP) is 1.57. The first-order valence-corrected chi connectivity index (χ1v) is 5.04. The number of carbonyl (C=O) groups excluding carboxylic acids is 2. The zero-order chi connectivity index (χ0) is 12.1. The van der Waals surface area contributed by atoms with Crippen molar-refractivity contribution < 1.29 is 14.3 Å². The van der Waals surface area contributed by atoms with Crippen molar-refractivity contribution in [1.82, 2.24) is 4.90 Å². The Kier molecular flexibility index (Phi) is 4.05. The van der Waals surface area contributed by atoms with Crippen LogP contribution in [0, 0.1) is 0 Å². The van der Waals surface area contributed by atoms with Gasteiger partial charge in [0.1, 0.15) is 0 Å². The van der Waals surface area contributed by atoms with E-state index in [-0.39, 0.29) is 5.91 Å². The topological polar surface area (TPSA) is 46.6 Å². The van der Waals surface area contributed by atoms with Gasteiger partial charge < -0.3 is 9.64 Å². The summed E-state index contributed by atoms with van der Waals surface area (Å²) >= 11 is 0. The first-order chi connectivity index (χ1) is 7.60. The SMILES string of the molecule is CCN(C)C(=O)c1ccc(C(=O)OC)cc1. The van der Waals surface area contributed by atoms with Crippen LogP contribution < -0.4 is 0 Å². The average Bonchev–Trinajstić information content (AvgIpc) is 2.36. The molecule has 86 valence electrons. The molecule has 4 nitrogen and oxygen atoms in total. The molecule has 1 aromatic rings. The van der Waals surface area contributed by atoms with E-state index in [1.807, 2.05) is 6.92 Å². The molecule has 0 aliphatic rings. The fourth-order valence-corrected chi connectivity index (χ4v) is 1.23. The summed E-state index contributed by atoms with van der Waals surface area (Å²) in [7, 11) is 3.06. The maximum Gasteiger partial charge on any atom is 0.337 e. The third kappa shape index (κ3) is 2.59. The monoisotopic (exact) mass is 221 g/mol. The van der Waals surface area contributed by atoms with Crippen LogP contribution in [0.3, 0.4) is 0 Å². The van der Waals surface area contributed by atoms with E-state index in [9.17, 15) is 9.59 Å². The number of carbonyl (C=O) groups is 2. The third-order valence-electron chi connectivity index (χ3n) is 2.37. The minimum atomic E-state index is -0.400. The van der Waals surface area contributed by atoms with E-state index < -0.39 is 5.97 Å². The Hall–Kier alpha value is -1.84. The Bertz CT molecular complexity index is 384. The van der Waals surface area contributed by atoms with Crippen LogP contribution >= 0.6 is 0 Å². The van der Waals surface area contributed by atoms with Gasteiger partial charge in [-0.05, 0) is 31.2 Å². The van der Waals surface area contributed by atoms with Crippen LogP contribution in [0.15, 0.2) is 24.3 Å². The lowest BCUT2D eigenvalue weighted by atomic mass is 10.1. The summed E-state index contributed by atoms with van der Waals surface area (Å²) in [6.45, 7) is 2.55. The number of esters is 1. The summed E-state index contributed by atoms with van der Waals surface area (Å²) in [5, 5.41) is 0. The number of rotatable bonds is 3. The van der Waals surface area contributed by atoms with Crippen molar-refractivity contribution in [2.75, 3.05) is 20.7 Å². The molecule has 0 saturated heterocycles. The molecule has 0 saturated carbocycles. The zero-order valence-corrected chi connectivity index (χ0v) is 9.69. The molecule has 0 atom stereocenters. The molecule has 0 N–H and O–H groups in total. The normalized spacial score (nSPS) is 9.69. The van der Waals surface area contributed by atoms with Gasteiger partial charge >= 0.3 is 5.97 Å². The van der Waals surface area contributed by atoms with Crippen LogP contribution in [0.25, 0.3) is 0 Å². The fraction of sp³-hybridized carbons (Fsp3) is 0.333. The second-order valence-corrected chi connectivity index (χ2v) is 3.39. The molecule has 1 aromatic carbocycles. The fourth-order valence-electron chi connectivity index (χ4n) is 1.23. The lowest BCUT2D eigenvalue weighted by molar-refractivity contribution is 0.0600. The molecule has 0 aromatic heterocycles. The van der Waals surface area contributed by atoms with Crippen molar-refractivity contribution in [2.45, 2.75) is 6.92 Å². The molecule has 0 heterocycles. The van der Waals surface area contributed by atoms with E-state index in [4.69, 9.17) is 0 Å². The van der Waals surface area contributed by atoms with E-state index in [2.05, 4.69) is 4.74 Å². The average molecular weight is 221 g/mol. The molecule has 0 bridgehead atoms. The number of nitrogens with zero attached hydrogens (tertiary/aromatic N) is 1. The number of hydrogen-bond donors (Lipinski definition) is 0. The standard InChI is InChI=1S/C12H15NO3/c1-4-13(2)11(14)9-5-7-10(8-6-9)12(15)16-3/h5-8H,4H2,1-3H3. The summed E-state index contributed by atoms with van der Waals surface area (Å²) in [6.07, 6.45) is 0. The molecule has 0 radical (unpaired) electrons. The molecular weight excluding hydrogens is 206 g/mol. The highest BCUT2D eigenvalue weighted by Gasteiger charge is 2.11. The van der Waals surface area contributed by atoms with Gasteiger partial charge in [-0.3, -0.25) is 4.79 Å². The zero-order valence-electron chi connectivity index (χ0n) is 9.69. The van der Waals surface area contributed by atoms with Gasteiger partial charge in [-0.15, -0.1) is 0 Å². The van der Waals surface area contributed by atoms with Gasteiger partial charge in [-0.25, -0.2) is 4.79 Å². The predicted molar refractivity (Wildman–Crippen MR) is 60.4 cm³/mol. The Morgan fingerprint density at radius 1 is 1.19 bits per heavy atom. The molecule has 0 fully saturated rings. The molecule has 0 aliphatic carbocycles. The van der Waals surface area contributed by atoms with Crippen LogP contribution in [0.1, 0.15) is 27.6 Å². The van der Waals surface area contributed by atoms with E-state index in [1.165, 1.54) is 7.11 Å². The van der Waals surface area contributed by atoms with Crippen LogP contribution in [0.4, 0.5) is 0 Å². The smallest absolute Gasteiger partial charge is 0.337 e. The van der Waals surface area contributed by atoms with E-state index >= 15 is 0 Å². The highest BCUT2D eigenvalue weighted by atomic mass is 16.5. The van der Waals surface area contributed by atoms with Gasteiger partial charge in [0.05, 0.1) is 12.7 Å². The van der Waals surface area contributed by atoms with Crippen molar-refractivity contribution in [3.05, 3.63) is 35.4 Å². The van der Waals surface area contributed by atoms with E-state index in [1.54, 1.807) is 36.2 Å². The summed E-state index contributed by atoms with van der Waals surface area (Å²) in [4.78, 5) is 24.5. The lowest BCUT2D eigenvalue weighted by Gasteiger charge is -2.14. The van der Waals surface area contributed by atoms with Crippen molar-refractivity contribution in [2.24, 2.45) is 0 Å². The maximum absolute atomic E-state index is 11.7. The molecule has 1 amide bonds. The van der Waals surface area contributed by atoms with Crippen molar-refractivity contribution in [3.63, 3.8) is 0 Å². The Morgan fingerprint density at radius 2 is 1.69 bits per heavy atom. The van der Waals surface area contributed by atoms with Crippen LogP contribution in [0.5, 0.6) is 0 Å². The number of ether oxygens (including phenoxy) is 1. The van der Waals surface area contributed by atoms with Gasteiger partial charge in [-0.2, -0.15) is 0 Å².